The van der Waals surface area contributed by atoms with E-state index >= 15 is 0 Å². The minimum Gasteiger partial charge on any atom is -0.383 e. The molecular weight excluding hydrogens is 198 g/mol. The van der Waals surface area contributed by atoms with Gasteiger partial charge in [0, 0.05) is 25.1 Å². The number of rotatable bonds is 7. The van der Waals surface area contributed by atoms with Gasteiger partial charge in [-0.2, -0.15) is 0 Å². The number of halogens is 1. The van der Waals surface area contributed by atoms with E-state index in [2.05, 4.69) is 11.8 Å². The summed E-state index contributed by atoms with van der Waals surface area (Å²) in [6.07, 6.45) is 5.19. The van der Waals surface area contributed by atoms with Crippen LogP contribution in [0, 0.1) is 0 Å². The number of methoxy groups -OCH3 is 1. The summed E-state index contributed by atoms with van der Waals surface area (Å²) in [6.45, 7) is 4.20. The third kappa shape index (κ3) is 3.41. The standard InChI is InChI=1S/C11H22ClNO/c1-10(9-14-2)13(8-4-7-12)11-5-3-6-11/h10-11H,3-9H2,1-2H3. The Hall–Kier alpha value is 0.210. The number of hydrogen-bond donors (Lipinski definition) is 0. The Kier molecular flexibility index (Phi) is 5.83. The first-order valence-electron chi connectivity index (χ1n) is 5.60. The maximum Gasteiger partial charge on any atom is 0.0615 e. The SMILES string of the molecule is COCC(C)N(CCCCl)C1CCC1. The van der Waals surface area contributed by atoms with Crippen molar-refractivity contribution in [2.24, 2.45) is 0 Å². The molecule has 0 heterocycles. The molecule has 1 aliphatic carbocycles. The van der Waals surface area contributed by atoms with Gasteiger partial charge in [0.15, 0.2) is 0 Å². The van der Waals surface area contributed by atoms with Crippen LogP contribution in [0.4, 0.5) is 0 Å². The van der Waals surface area contributed by atoms with Crippen LogP contribution in [0.2, 0.25) is 0 Å². The van der Waals surface area contributed by atoms with Gasteiger partial charge in [-0.25, -0.2) is 0 Å². The molecular formula is C11H22ClNO. The van der Waals surface area contributed by atoms with Gasteiger partial charge in [-0.3, -0.25) is 4.90 Å². The molecule has 0 N–H and O–H groups in total. The van der Waals surface area contributed by atoms with Crippen LogP contribution in [0.25, 0.3) is 0 Å². The molecule has 1 atom stereocenters. The molecule has 1 saturated carbocycles. The van der Waals surface area contributed by atoms with Gasteiger partial charge in [-0.15, -0.1) is 11.6 Å². The lowest BCUT2D eigenvalue weighted by Gasteiger charge is -2.41. The van der Waals surface area contributed by atoms with Crippen LogP contribution in [0.5, 0.6) is 0 Å². The predicted molar refractivity (Wildman–Crippen MR) is 61.0 cm³/mol. The molecule has 0 amide bonds. The summed E-state index contributed by atoms with van der Waals surface area (Å²) in [5, 5.41) is 0. The van der Waals surface area contributed by atoms with Crippen molar-refractivity contribution in [2.45, 2.75) is 44.7 Å². The van der Waals surface area contributed by atoms with Gasteiger partial charge >= 0.3 is 0 Å². The van der Waals surface area contributed by atoms with Gasteiger partial charge in [0.2, 0.25) is 0 Å². The van der Waals surface area contributed by atoms with Crippen LogP contribution >= 0.6 is 11.6 Å². The molecule has 1 fully saturated rings. The predicted octanol–water partition coefficient (Wildman–Crippen LogP) is 2.50. The first-order chi connectivity index (χ1) is 6.79. The highest BCUT2D eigenvalue weighted by atomic mass is 35.5. The van der Waals surface area contributed by atoms with Gasteiger partial charge in [-0.1, -0.05) is 6.42 Å². The molecule has 2 nitrogen and oxygen atoms in total. The molecule has 0 aliphatic heterocycles. The third-order valence-electron chi connectivity index (χ3n) is 3.07. The van der Waals surface area contributed by atoms with E-state index in [1.54, 1.807) is 7.11 Å². The quantitative estimate of drug-likeness (QED) is 0.611. The summed E-state index contributed by atoms with van der Waals surface area (Å²) in [5.41, 5.74) is 0. The highest BCUT2D eigenvalue weighted by Gasteiger charge is 2.27. The fourth-order valence-corrected chi connectivity index (χ4v) is 2.18. The summed E-state index contributed by atoms with van der Waals surface area (Å²) in [7, 11) is 1.77. The molecule has 0 aromatic rings. The Morgan fingerprint density at radius 2 is 2.21 bits per heavy atom. The van der Waals surface area contributed by atoms with E-state index in [-0.39, 0.29) is 0 Å². The van der Waals surface area contributed by atoms with Crippen molar-refractivity contribution in [3.63, 3.8) is 0 Å². The molecule has 0 aromatic heterocycles. The van der Waals surface area contributed by atoms with E-state index in [1.807, 2.05) is 0 Å². The van der Waals surface area contributed by atoms with Crippen LogP contribution in [-0.4, -0.2) is 43.1 Å². The highest BCUT2D eigenvalue weighted by Crippen LogP contribution is 2.26. The minimum atomic E-state index is 0.536. The molecule has 0 saturated heterocycles. The minimum absolute atomic E-state index is 0.536. The van der Waals surface area contributed by atoms with Crippen LogP contribution in [0.3, 0.4) is 0 Å². The molecule has 1 aliphatic rings. The first-order valence-corrected chi connectivity index (χ1v) is 6.13. The lowest BCUT2D eigenvalue weighted by Crippen LogP contribution is -2.47. The Morgan fingerprint density at radius 1 is 1.50 bits per heavy atom. The zero-order valence-corrected chi connectivity index (χ0v) is 10.1. The normalized spacial score (nSPS) is 19.7. The topological polar surface area (TPSA) is 12.5 Å². The fourth-order valence-electron chi connectivity index (χ4n) is 2.06. The van der Waals surface area contributed by atoms with Gasteiger partial charge in [-0.05, 0) is 32.7 Å². The maximum atomic E-state index is 5.74. The number of hydrogen-bond acceptors (Lipinski definition) is 2. The Morgan fingerprint density at radius 3 is 2.64 bits per heavy atom. The van der Waals surface area contributed by atoms with Crippen molar-refractivity contribution in [2.75, 3.05) is 26.1 Å². The molecule has 0 spiro atoms. The Labute approximate surface area is 92.6 Å². The van der Waals surface area contributed by atoms with E-state index in [4.69, 9.17) is 16.3 Å². The average Bonchev–Trinajstić information content (AvgIpc) is 2.09. The summed E-state index contributed by atoms with van der Waals surface area (Å²) in [4.78, 5) is 2.56. The number of nitrogens with zero attached hydrogens (tertiary/aromatic N) is 1. The van der Waals surface area contributed by atoms with Gasteiger partial charge in [0.05, 0.1) is 6.61 Å². The first kappa shape index (κ1) is 12.3. The summed E-state index contributed by atoms with van der Waals surface area (Å²) in [5.74, 6) is 0.767. The Balaban J connectivity index is 2.34. The second kappa shape index (κ2) is 6.65. The third-order valence-corrected chi connectivity index (χ3v) is 3.33. The van der Waals surface area contributed by atoms with Crippen LogP contribution in [-0.2, 0) is 4.74 Å². The van der Waals surface area contributed by atoms with E-state index in [1.165, 1.54) is 19.3 Å². The molecule has 14 heavy (non-hydrogen) atoms. The van der Waals surface area contributed by atoms with Gasteiger partial charge in [0.1, 0.15) is 0 Å². The van der Waals surface area contributed by atoms with E-state index in [9.17, 15) is 0 Å². The van der Waals surface area contributed by atoms with Gasteiger partial charge < -0.3 is 4.74 Å². The van der Waals surface area contributed by atoms with Crippen molar-refractivity contribution < 1.29 is 4.74 Å². The second-order valence-electron chi connectivity index (χ2n) is 4.17. The van der Waals surface area contributed by atoms with Crippen LogP contribution < -0.4 is 0 Å². The monoisotopic (exact) mass is 219 g/mol. The van der Waals surface area contributed by atoms with Crippen LogP contribution in [0.1, 0.15) is 32.6 Å². The molecule has 1 unspecified atom stereocenters. The molecule has 3 heteroatoms. The number of alkyl halides is 1. The lowest BCUT2D eigenvalue weighted by molar-refractivity contribution is 0.0403. The van der Waals surface area contributed by atoms with Crippen molar-refractivity contribution >= 4 is 11.6 Å². The largest absolute Gasteiger partial charge is 0.383 e. The van der Waals surface area contributed by atoms with E-state index < -0.39 is 0 Å². The zero-order chi connectivity index (χ0) is 10.4. The molecule has 0 radical (unpaired) electrons. The summed E-state index contributed by atoms with van der Waals surface area (Å²) < 4.78 is 5.21. The molecule has 84 valence electrons. The molecule has 1 rings (SSSR count). The lowest BCUT2D eigenvalue weighted by atomic mass is 9.90. The summed E-state index contributed by atoms with van der Waals surface area (Å²) >= 11 is 5.74. The van der Waals surface area contributed by atoms with Crippen molar-refractivity contribution in [3.8, 4) is 0 Å². The second-order valence-corrected chi connectivity index (χ2v) is 4.55. The molecule has 0 bridgehead atoms. The average molecular weight is 220 g/mol. The summed E-state index contributed by atoms with van der Waals surface area (Å²) in [6, 6.07) is 1.33. The van der Waals surface area contributed by atoms with E-state index in [0.717, 1.165) is 31.5 Å². The van der Waals surface area contributed by atoms with Crippen molar-refractivity contribution in [1.29, 1.82) is 0 Å². The zero-order valence-electron chi connectivity index (χ0n) is 9.34. The van der Waals surface area contributed by atoms with Gasteiger partial charge in [0.25, 0.3) is 0 Å². The number of ether oxygens (including phenoxy) is 1. The van der Waals surface area contributed by atoms with Crippen LogP contribution in [0.15, 0.2) is 0 Å². The van der Waals surface area contributed by atoms with Crippen molar-refractivity contribution in [3.05, 3.63) is 0 Å². The molecule has 0 aromatic carbocycles. The maximum absolute atomic E-state index is 5.74. The fraction of sp³-hybridized carbons (Fsp3) is 1.00. The van der Waals surface area contributed by atoms with E-state index in [0.29, 0.717) is 6.04 Å². The smallest absolute Gasteiger partial charge is 0.0615 e. The van der Waals surface area contributed by atoms with Crippen molar-refractivity contribution in [1.82, 2.24) is 4.90 Å². The Bertz CT molecular complexity index is 150. The highest BCUT2D eigenvalue weighted by molar-refractivity contribution is 6.17.